The second-order valence-electron chi connectivity index (χ2n) is 3.90. The standard InChI is InChI=1S/C12H14BrN3/c13-11-1-3-12(4-2-11)16-9-7-15(6-5-14)8-10-16/h1-4H,6-10H2. The molecule has 1 aromatic carbocycles. The Morgan fingerprint density at radius 3 is 2.31 bits per heavy atom. The van der Waals surface area contributed by atoms with E-state index in [1.54, 1.807) is 0 Å². The van der Waals surface area contributed by atoms with E-state index < -0.39 is 0 Å². The van der Waals surface area contributed by atoms with Gasteiger partial charge in [0.1, 0.15) is 0 Å². The van der Waals surface area contributed by atoms with Crippen molar-refractivity contribution in [3.63, 3.8) is 0 Å². The maximum absolute atomic E-state index is 8.62. The summed E-state index contributed by atoms with van der Waals surface area (Å²) in [6, 6.07) is 10.6. The van der Waals surface area contributed by atoms with Crippen LogP contribution >= 0.6 is 15.9 Å². The van der Waals surface area contributed by atoms with E-state index >= 15 is 0 Å². The third-order valence-electron chi connectivity index (χ3n) is 2.86. The number of rotatable bonds is 2. The minimum atomic E-state index is 0.550. The normalized spacial score (nSPS) is 17.1. The lowest BCUT2D eigenvalue weighted by Gasteiger charge is -2.34. The second-order valence-corrected chi connectivity index (χ2v) is 4.81. The van der Waals surface area contributed by atoms with Crippen LogP contribution in [0.1, 0.15) is 0 Å². The molecule has 0 spiro atoms. The predicted molar refractivity (Wildman–Crippen MR) is 68.4 cm³/mol. The highest BCUT2D eigenvalue weighted by Gasteiger charge is 2.16. The Morgan fingerprint density at radius 1 is 1.12 bits per heavy atom. The number of hydrogen-bond acceptors (Lipinski definition) is 3. The smallest absolute Gasteiger partial charge is 0.0867 e. The van der Waals surface area contributed by atoms with E-state index in [9.17, 15) is 0 Å². The van der Waals surface area contributed by atoms with Crippen LogP contribution in [-0.2, 0) is 0 Å². The van der Waals surface area contributed by atoms with Crippen molar-refractivity contribution in [3.8, 4) is 6.07 Å². The third-order valence-corrected chi connectivity index (χ3v) is 3.39. The van der Waals surface area contributed by atoms with Crippen LogP contribution in [0.2, 0.25) is 0 Å². The third kappa shape index (κ3) is 2.75. The van der Waals surface area contributed by atoms with Gasteiger partial charge in [0.05, 0.1) is 12.6 Å². The van der Waals surface area contributed by atoms with E-state index in [4.69, 9.17) is 5.26 Å². The molecule has 1 fully saturated rings. The molecule has 0 bridgehead atoms. The highest BCUT2D eigenvalue weighted by atomic mass is 79.9. The van der Waals surface area contributed by atoms with Crippen LogP contribution in [0.15, 0.2) is 28.7 Å². The van der Waals surface area contributed by atoms with Crippen molar-refractivity contribution in [3.05, 3.63) is 28.7 Å². The summed E-state index contributed by atoms with van der Waals surface area (Å²) in [5, 5.41) is 8.62. The van der Waals surface area contributed by atoms with Gasteiger partial charge in [-0.3, -0.25) is 4.90 Å². The lowest BCUT2D eigenvalue weighted by molar-refractivity contribution is 0.287. The van der Waals surface area contributed by atoms with Crippen LogP contribution in [0.3, 0.4) is 0 Å². The molecule has 0 atom stereocenters. The second kappa shape index (κ2) is 5.33. The van der Waals surface area contributed by atoms with E-state index in [1.807, 2.05) is 0 Å². The first-order valence-electron chi connectivity index (χ1n) is 5.39. The number of anilines is 1. The van der Waals surface area contributed by atoms with Gasteiger partial charge in [-0.05, 0) is 24.3 Å². The fourth-order valence-electron chi connectivity index (χ4n) is 1.92. The van der Waals surface area contributed by atoms with Crippen molar-refractivity contribution in [1.29, 1.82) is 5.26 Å². The summed E-state index contributed by atoms with van der Waals surface area (Å²) in [6.45, 7) is 4.51. The largest absolute Gasteiger partial charge is 0.369 e. The molecular weight excluding hydrogens is 266 g/mol. The van der Waals surface area contributed by atoms with Gasteiger partial charge < -0.3 is 4.90 Å². The van der Waals surface area contributed by atoms with E-state index in [-0.39, 0.29) is 0 Å². The van der Waals surface area contributed by atoms with Gasteiger partial charge in [0.15, 0.2) is 0 Å². The molecule has 84 valence electrons. The van der Waals surface area contributed by atoms with E-state index in [2.05, 4.69) is 56.1 Å². The van der Waals surface area contributed by atoms with Gasteiger partial charge in [-0.25, -0.2) is 0 Å². The zero-order chi connectivity index (χ0) is 11.4. The molecule has 0 N–H and O–H groups in total. The Bertz CT molecular complexity index is 374. The first-order chi connectivity index (χ1) is 7.79. The molecule has 0 amide bonds. The topological polar surface area (TPSA) is 30.3 Å². The van der Waals surface area contributed by atoms with Gasteiger partial charge in [0, 0.05) is 36.3 Å². The number of benzene rings is 1. The Labute approximate surface area is 104 Å². The summed E-state index contributed by atoms with van der Waals surface area (Å²) in [4.78, 5) is 4.55. The van der Waals surface area contributed by atoms with Gasteiger partial charge in [-0.2, -0.15) is 5.26 Å². The Hall–Kier alpha value is -1.05. The van der Waals surface area contributed by atoms with Crippen molar-refractivity contribution in [1.82, 2.24) is 4.90 Å². The first-order valence-corrected chi connectivity index (χ1v) is 6.19. The fraction of sp³-hybridized carbons (Fsp3) is 0.417. The Morgan fingerprint density at radius 2 is 1.75 bits per heavy atom. The summed E-state index contributed by atoms with van der Waals surface area (Å²) < 4.78 is 1.11. The number of hydrogen-bond donors (Lipinski definition) is 0. The first kappa shape index (κ1) is 11.4. The molecule has 4 heteroatoms. The Balaban J connectivity index is 1.94. The molecule has 1 aliphatic rings. The predicted octanol–water partition coefficient (Wildman–Crippen LogP) is 2.09. The van der Waals surface area contributed by atoms with E-state index in [1.165, 1.54) is 5.69 Å². The molecule has 1 aromatic rings. The maximum Gasteiger partial charge on any atom is 0.0867 e. The minimum absolute atomic E-state index is 0.550. The van der Waals surface area contributed by atoms with Crippen molar-refractivity contribution in [2.45, 2.75) is 0 Å². The molecule has 16 heavy (non-hydrogen) atoms. The minimum Gasteiger partial charge on any atom is -0.369 e. The van der Waals surface area contributed by atoms with Gasteiger partial charge in [0.2, 0.25) is 0 Å². The molecule has 0 aliphatic carbocycles. The van der Waals surface area contributed by atoms with Crippen molar-refractivity contribution >= 4 is 21.6 Å². The van der Waals surface area contributed by atoms with Gasteiger partial charge >= 0.3 is 0 Å². The number of nitrogens with zero attached hydrogens (tertiary/aromatic N) is 3. The average molecular weight is 280 g/mol. The number of halogens is 1. The summed E-state index contributed by atoms with van der Waals surface area (Å²) in [7, 11) is 0. The highest BCUT2D eigenvalue weighted by Crippen LogP contribution is 2.19. The summed E-state index contributed by atoms with van der Waals surface area (Å²) in [5.41, 5.74) is 1.26. The monoisotopic (exact) mass is 279 g/mol. The molecule has 0 radical (unpaired) electrons. The molecule has 2 rings (SSSR count). The maximum atomic E-state index is 8.62. The summed E-state index contributed by atoms with van der Waals surface area (Å²) >= 11 is 3.44. The summed E-state index contributed by atoms with van der Waals surface area (Å²) in [5.74, 6) is 0. The number of nitriles is 1. The average Bonchev–Trinajstić information content (AvgIpc) is 2.32. The molecule has 0 aromatic heterocycles. The highest BCUT2D eigenvalue weighted by molar-refractivity contribution is 9.10. The molecule has 1 saturated heterocycles. The quantitative estimate of drug-likeness (QED) is 0.777. The summed E-state index contributed by atoms with van der Waals surface area (Å²) in [6.07, 6.45) is 0. The van der Waals surface area contributed by atoms with Crippen molar-refractivity contribution < 1.29 is 0 Å². The Kier molecular flexibility index (Phi) is 3.81. The van der Waals surface area contributed by atoms with Crippen LogP contribution in [0, 0.1) is 11.3 Å². The van der Waals surface area contributed by atoms with Crippen LogP contribution < -0.4 is 4.90 Å². The molecule has 1 aliphatic heterocycles. The molecule has 0 unspecified atom stereocenters. The van der Waals surface area contributed by atoms with Crippen LogP contribution in [0.4, 0.5) is 5.69 Å². The van der Waals surface area contributed by atoms with Crippen LogP contribution in [0.5, 0.6) is 0 Å². The zero-order valence-corrected chi connectivity index (χ0v) is 10.7. The number of piperazine rings is 1. The van der Waals surface area contributed by atoms with Gasteiger partial charge in [-0.15, -0.1) is 0 Å². The van der Waals surface area contributed by atoms with E-state index in [0.29, 0.717) is 6.54 Å². The van der Waals surface area contributed by atoms with Crippen molar-refractivity contribution in [2.24, 2.45) is 0 Å². The molecule has 0 saturated carbocycles. The zero-order valence-electron chi connectivity index (χ0n) is 9.06. The SMILES string of the molecule is N#CCN1CCN(c2ccc(Br)cc2)CC1. The molecule has 1 heterocycles. The van der Waals surface area contributed by atoms with E-state index in [0.717, 1.165) is 30.7 Å². The molecular formula is C12H14BrN3. The lowest BCUT2D eigenvalue weighted by Crippen LogP contribution is -2.46. The van der Waals surface area contributed by atoms with Crippen LogP contribution in [0.25, 0.3) is 0 Å². The fourth-order valence-corrected chi connectivity index (χ4v) is 2.18. The van der Waals surface area contributed by atoms with Gasteiger partial charge in [0.25, 0.3) is 0 Å². The van der Waals surface area contributed by atoms with Crippen LogP contribution in [-0.4, -0.2) is 37.6 Å². The lowest BCUT2D eigenvalue weighted by atomic mass is 10.2. The van der Waals surface area contributed by atoms with Crippen molar-refractivity contribution in [2.75, 3.05) is 37.6 Å². The molecule has 3 nitrogen and oxygen atoms in total. The van der Waals surface area contributed by atoms with Gasteiger partial charge in [-0.1, -0.05) is 15.9 Å².